The number of carbonyl (C=O) groups is 1. The van der Waals surface area contributed by atoms with Gasteiger partial charge in [0.05, 0.1) is 19.1 Å². The van der Waals surface area contributed by atoms with E-state index < -0.39 is 10.8 Å². The first-order valence-electron chi connectivity index (χ1n) is 5.69. The van der Waals surface area contributed by atoms with E-state index in [0.717, 1.165) is 17.5 Å². The molecule has 2 rings (SSSR count). The highest BCUT2D eigenvalue weighted by Gasteiger charge is 2.20. The monoisotopic (exact) mass is 309 g/mol. The van der Waals surface area contributed by atoms with Crippen LogP contribution in [0, 0.1) is 10.1 Å². The van der Waals surface area contributed by atoms with Crippen molar-refractivity contribution in [1.82, 2.24) is 4.98 Å². The average Bonchev–Trinajstić information content (AvgIpc) is 2.94. The zero-order valence-electron chi connectivity index (χ0n) is 11.2. The van der Waals surface area contributed by atoms with E-state index in [1.54, 1.807) is 18.2 Å². The van der Waals surface area contributed by atoms with Crippen LogP contribution >= 0.6 is 11.3 Å². The minimum absolute atomic E-state index is 0.125. The van der Waals surface area contributed by atoms with Gasteiger partial charge in [-0.15, -0.1) is 0 Å². The van der Waals surface area contributed by atoms with E-state index in [9.17, 15) is 14.9 Å². The molecule has 110 valence electrons. The minimum atomic E-state index is -0.572. The Morgan fingerprint density at radius 2 is 1.95 bits per heavy atom. The summed E-state index contributed by atoms with van der Waals surface area (Å²) in [6, 6.07) is 4.91. The number of hydrogen-bond donors (Lipinski definition) is 1. The summed E-state index contributed by atoms with van der Waals surface area (Å²) in [5.41, 5.74) is 0.195. The quantitative estimate of drug-likeness (QED) is 0.671. The van der Waals surface area contributed by atoms with E-state index in [-0.39, 0.29) is 15.7 Å². The van der Waals surface area contributed by atoms with Gasteiger partial charge >= 0.3 is 5.00 Å². The smallest absolute Gasteiger partial charge is 0.345 e. The lowest BCUT2D eigenvalue weighted by Crippen LogP contribution is -2.14. The fraction of sp³-hybridized carbons (Fsp3) is 0.167. The average molecular weight is 309 g/mol. The molecule has 1 heterocycles. The van der Waals surface area contributed by atoms with Crippen LogP contribution in [0.5, 0.6) is 11.5 Å². The number of thiazole rings is 1. The fourth-order valence-corrected chi connectivity index (χ4v) is 2.27. The van der Waals surface area contributed by atoms with Crippen LogP contribution in [0.15, 0.2) is 24.4 Å². The van der Waals surface area contributed by atoms with Gasteiger partial charge in [0.1, 0.15) is 23.3 Å². The second-order valence-electron chi connectivity index (χ2n) is 3.75. The Kier molecular flexibility index (Phi) is 4.33. The van der Waals surface area contributed by atoms with Crippen molar-refractivity contribution >= 4 is 27.4 Å². The van der Waals surface area contributed by atoms with Gasteiger partial charge in [0.25, 0.3) is 5.91 Å². The Bertz CT molecular complexity index is 663. The maximum Gasteiger partial charge on any atom is 0.345 e. The molecule has 1 aromatic heterocycles. The van der Waals surface area contributed by atoms with Gasteiger partial charge in [0.15, 0.2) is 5.13 Å². The molecule has 0 radical (unpaired) electrons. The van der Waals surface area contributed by atoms with Crippen LogP contribution in [-0.2, 0) is 0 Å². The third-order valence-corrected chi connectivity index (χ3v) is 3.41. The number of carbonyl (C=O) groups excluding carboxylic acids is 1. The highest BCUT2D eigenvalue weighted by molar-refractivity contribution is 7.18. The Labute approximate surface area is 123 Å². The van der Waals surface area contributed by atoms with E-state index in [2.05, 4.69) is 10.3 Å². The SMILES string of the molecule is COc1cccc(OC)c1C(=O)Nc1ncc([N+](=O)[O-])s1. The molecule has 8 nitrogen and oxygen atoms in total. The van der Waals surface area contributed by atoms with E-state index >= 15 is 0 Å². The van der Waals surface area contributed by atoms with Gasteiger partial charge in [-0.2, -0.15) is 0 Å². The number of aromatic nitrogens is 1. The van der Waals surface area contributed by atoms with Crippen LogP contribution in [0.1, 0.15) is 10.4 Å². The topological polar surface area (TPSA) is 104 Å². The second kappa shape index (κ2) is 6.18. The molecule has 0 saturated carbocycles. The number of anilines is 1. The van der Waals surface area contributed by atoms with Crippen LogP contribution in [-0.4, -0.2) is 30.0 Å². The number of ether oxygens (including phenoxy) is 2. The number of amides is 1. The summed E-state index contributed by atoms with van der Waals surface area (Å²) in [5.74, 6) is 0.143. The van der Waals surface area contributed by atoms with Crippen molar-refractivity contribution in [2.75, 3.05) is 19.5 Å². The number of rotatable bonds is 5. The van der Waals surface area contributed by atoms with Crippen molar-refractivity contribution in [3.63, 3.8) is 0 Å². The zero-order valence-corrected chi connectivity index (χ0v) is 12.0. The van der Waals surface area contributed by atoms with Crippen molar-refractivity contribution < 1.29 is 19.2 Å². The lowest BCUT2D eigenvalue weighted by molar-refractivity contribution is -0.380. The minimum Gasteiger partial charge on any atom is -0.496 e. The van der Waals surface area contributed by atoms with Crippen LogP contribution in [0.4, 0.5) is 10.1 Å². The summed E-state index contributed by atoms with van der Waals surface area (Å²) in [6.45, 7) is 0. The van der Waals surface area contributed by atoms with E-state index in [4.69, 9.17) is 9.47 Å². The van der Waals surface area contributed by atoms with Gasteiger partial charge in [-0.25, -0.2) is 4.98 Å². The molecule has 9 heteroatoms. The Morgan fingerprint density at radius 1 is 1.33 bits per heavy atom. The molecular formula is C12H11N3O5S. The lowest BCUT2D eigenvalue weighted by atomic mass is 10.1. The van der Waals surface area contributed by atoms with Crippen molar-refractivity contribution in [2.45, 2.75) is 0 Å². The third kappa shape index (κ3) is 3.08. The molecule has 0 spiro atoms. The van der Waals surface area contributed by atoms with Crippen molar-refractivity contribution in [2.24, 2.45) is 0 Å². The van der Waals surface area contributed by atoms with Crippen molar-refractivity contribution in [3.05, 3.63) is 40.1 Å². The molecule has 1 N–H and O–H groups in total. The number of nitrogens with one attached hydrogen (secondary N) is 1. The summed E-state index contributed by atoms with van der Waals surface area (Å²) >= 11 is 0.767. The summed E-state index contributed by atoms with van der Waals surface area (Å²) < 4.78 is 10.2. The molecule has 0 fully saturated rings. The molecule has 0 aliphatic carbocycles. The van der Waals surface area contributed by atoms with Crippen LogP contribution in [0.25, 0.3) is 0 Å². The summed E-state index contributed by atoms with van der Waals surface area (Å²) in [7, 11) is 2.86. The van der Waals surface area contributed by atoms with Crippen molar-refractivity contribution in [3.8, 4) is 11.5 Å². The highest BCUT2D eigenvalue weighted by atomic mass is 32.1. The van der Waals surface area contributed by atoms with Crippen LogP contribution in [0.3, 0.4) is 0 Å². The predicted octanol–water partition coefficient (Wildman–Crippen LogP) is 2.32. The standard InChI is InChI=1S/C12H11N3O5S/c1-19-7-4-3-5-8(20-2)10(7)11(16)14-12-13-6-9(21-12)15(17)18/h3-6H,1-2H3,(H,13,14,16). The highest BCUT2D eigenvalue weighted by Crippen LogP contribution is 2.30. The van der Waals surface area contributed by atoms with E-state index in [1.165, 1.54) is 14.2 Å². The van der Waals surface area contributed by atoms with Gasteiger partial charge in [0.2, 0.25) is 0 Å². The van der Waals surface area contributed by atoms with Gasteiger partial charge < -0.3 is 9.47 Å². The number of methoxy groups -OCH3 is 2. The molecule has 0 bridgehead atoms. The fourth-order valence-electron chi connectivity index (χ4n) is 1.64. The molecule has 1 aromatic carbocycles. The summed E-state index contributed by atoms with van der Waals surface area (Å²) in [6.07, 6.45) is 1.08. The molecule has 1 amide bonds. The first-order chi connectivity index (χ1) is 10.1. The summed E-state index contributed by atoms with van der Waals surface area (Å²) in [5, 5.41) is 13.1. The molecule has 0 unspecified atom stereocenters. The summed E-state index contributed by atoms with van der Waals surface area (Å²) in [4.78, 5) is 26.1. The molecule has 0 atom stereocenters. The van der Waals surface area contributed by atoms with Gasteiger partial charge in [-0.1, -0.05) is 6.07 Å². The maximum absolute atomic E-state index is 12.3. The van der Waals surface area contributed by atoms with Gasteiger partial charge in [-0.05, 0) is 23.5 Å². The first-order valence-corrected chi connectivity index (χ1v) is 6.51. The molecule has 0 aliphatic rings. The Hall–Kier alpha value is -2.68. The maximum atomic E-state index is 12.3. The molecular weight excluding hydrogens is 298 g/mol. The Balaban J connectivity index is 2.29. The molecule has 0 saturated heterocycles. The number of benzene rings is 1. The molecule has 0 aliphatic heterocycles. The molecule has 2 aromatic rings. The number of nitro groups is 1. The Morgan fingerprint density at radius 3 is 2.43 bits per heavy atom. The number of nitrogens with zero attached hydrogens (tertiary/aromatic N) is 2. The third-order valence-electron chi connectivity index (χ3n) is 2.55. The van der Waals surface area contributed by atoms with Gasteiger partial charge in [0, 0.05) is 0 Å². The number of hydrogen-bond acceptors (Lipinski definition) is 7. The lowest BCUT2D eigenvalue weighted by Gasteiger charge is -2.11. The van der Waals surface area contributed by atoms with Crippen LogP contribution in [0.2, 0.25) is 0 Å². The van der Waals surface area contributed by atoms with Crippen LogP contribution < -0.4 is 14.8 Å². The van der Waals surface area contributed by atoms with Crippen molar-refractivity contribution in [1.29, 1.82) is 0 Å². The van der Waals surface area contributed by atoms with Gasteiger partial charge in [-0.3, -0.25) is 20.2 Å². The largest absolute Gasteiger partial charge is 0.496 e. The molecule has 21 heavy (non-hydrogen) atoms. The van der Waals surface area contributed by atoms with E-state index in [0.29, 0.717) is 11.5 Å². The normalized spacial score (nSPS) is 10.0. The second-order valence-corrected chi connectivity index (χ2v) is 4.76. The van der Waals surface area contributed by atoms with E-state index in [1.807, 2.05) is 0 Å². The first kappa shape index (κ1) is 14.7. The predicted molar refractivity (Wildman–Crippen MR) is 76.3 cm³/mol. The zero-order chi connectivity index (χ0) is 15.4.